The van der Waals surface area contributed by atoms with E-state index in [4.69, 9.17) is 18.0 Å². The van der Waals surface area contributed by atoms with Gasteiger partial charge >= 0.3 is 6.18 Å². The molecule has 0 aliphatic heterocycles. The van der Waals surface area contributed by atoms with Crippen LogP contribution in [0, 0.1) is 13.8 Å². The molecule has 0 amide bonds. The first-order valence-corrected chi connectivity index (χ1v) is 6.02. The number of benzene rings is 1. The maximum absolute atomic E-state index is 12.9. The summed E-state index contributed by atoms with van der Waals surface area (Å²) in [5.41, 5.74) is 4.73. The summed E-state index contributed by atoms with van der Waals surface area (Å²) in [6, 6.07) is 3.53. The highest BCUT2D eigenvalue weighted by molar-refractivity contribution is 7.80. The minimum Gasteiger partial charge on any atom is -0.389 e. The van der Waals surface area contributed by atoms with E-state index in [2.05, 4.69) is 10.1 Å². The van der Waals surface area contributed by atoms with Crippen molar-refractivity contribution < 1.29 is 13.2 Å². The van der Waals surface area contributed by atoms with Crippen molar-refractivity contribution in [2.75, 3.05) is 0 Å². The van der Waals surface area contributed by atoms with E-state index < -0.39 is 11.7 Å². The van der Waals surface area contributed by atoms with E-state index in [1.165, 1.54) is 16.8 Å². The molecule has 2 N–H and O–H groups in total. The predicted octanol–water partition coefficient (Wildman–Crippen LogP) is 2.54. The lowest BCUT2D eigenvalue weighted by Crippen LogP contribution is -2.18. The molecule has 4 nitrogen and oxygen atoms in total. The van der Waals surface area contributed by atoms with Gasteiger partial charge in [0.05, 0.1) is 11.3 Å². The summed E-state index contributed by atoms with van der Waals surface area (Å²) in [6.45, 7) is 3.40. The summed E-state index contributed by atoms with van der Waals surface area (Å²) < 4.78 is 40.1. The van der Waals surface area contributed by atoms with Gasteiger partial charge in [-0.05, 0) is 32.0 Å². The Morgan fingerprint density at radius 1 is 1.30 bits per heavy atom. The van der Waals surface area contributed by atoms with Gasteiger partial charge in [-0.1, -0.05) is 12.2 Å². The zero-order valence-electron chi connectivity index (χ0n) is 10.7. The first-order valence-electron chi connectivity index (χ1n) is 5.62. The summed E-state index contributed by atoms with van der Waals surface area (Å²) in [4.78, 5) is 3.79. The van der Waals surface area contributed by atoms with E-state index in [0.717, 1.165) is 6.07 Å². The molecule has 0 aliphatic carbocycles. The molecule has 1 aromatic carbocycles. The van der Waals surface area contributed by atoms with E-state index in [-0.39, 0.29) is 10.6 Å². The summed E-state index contributed by atoms with van der Waals surface area (Å²) in [5.74, 6) is 1.09. The van der Waals surface area contributed by atoms with Crippen molar-refractivity contribution in [2.45, 2.75) is 20.0 Å². The fourth-order valence-electron chi connectivity index (χ4n) is 1.88. The molecule has 20 heavy (non-hydrogen) atoms. The number of thiocarbonyl (C=S) groups is 1. The quantitative estimate of drug-likeness (QED) is 0.866. The molecule has 0 spiro atoms. The molecule has 2 aromatic rings. The highest BCUT2D eigenvalue weighted by Gasteiger charge is 2.34. The van der Waals surface area contributed by atoms with Crippen molar-refractivity contribution in [1.82, 2.24) is 14.8 Å². The molecule has 0 radical (unpaired) electrons. The van der Waals surface area contributed by atoms with Crippen molar-refractivity contribution in [3.8, 4) is 5.69 Å². The van der Waals surface area contributed by atoms with Gasteiger partial charge in [0.15, 0.2) is 0 Å². The molecule has 0 fully saturated rings. The molecule has 8 heteroatoms. The van der Waals surface area contributed by atoms with E-state index in [1.54, 1.807) is 13.8 Å². The van der Waals surface area contributed by atoms with Gasteiger partial charge in [-0.2, -0.15) is 18.3 Å². The Morgan fingerprint density at radius 2 is 1.95 bits per heavy atom. The van der Waals surface area contributed by atoms with Crippen molar-refractivity contribution in [3.63, 3.8) is 0 Å². The van der Waals surface area contributed by atoms with Crippen LogP contribution in [0.4, 0.5) is 13.2 Å². The van der Waals surface area contributed by atoms with Crippen LogP contribution in [0.2, 0.25) is 0 Å². The van der Waals surface area contributed by atoms with Crippen molar-refractivity contribution in [1.29, 1.82) is 0 Å². The largest absolute Gasteiger partial charge is 0.417 e. The Kier molecular flexibility index (Phi) is 3.51. The lowest BCUT2D eigenvalue weighted by molar-refractivity contribution is -0.137. The van der Waals surface area contributed by atoms with E-state index in [0.29, 0.717) is 17.3 Å². The fraction of sp³-hybridized carbons (Fsp3) is 0.250. The Balaban J connectivity index is 2.62. The van der Waals surface area contributed by atoms with Crippen LogP contribution in [-0.4, -0.2) is 19.8 Å². The highest BCUT2D eigenvalue weighted by atomic mass is 32.1. The number of aromatic nitrogens is 3. The topological polar surface area (TPSA) is 56.7 Å². The number of alkyl halides is 3. The normalized spacial score (nSPS) is 11.7. The molecule has 0 saturated heterocycles. The average molecular weight is 300 g/mol. The van der Waals surface area contributed by atoms with Gasteiger partial charge in [-0.25, -0.2) is 9.67 Å². The van der Waals surface area contributed by atoms with E-state index in [9.17, 15) is 13.2 Å². The minimum absolute atomic E-state index is 0.224. The maximum atomic E-state index is 12.9. The molecule has 0 unspecified atom stereocenters. The Morgan fingerprint density at radius 3 is 2.40 bits per heavy atom. The smallest absolute Gasteiger partial charge is 0.389 e. The van der Waals surface area contributed by atoms with Crippen LogP contribution in [0.3, 0.4) is 0 Å². The molecular formula is C12H11F3N4S. The first-order chi connectivity index (χ1) is 9.20. The van der Waals surface area contributed by atoms with Crippen LogP contribution in [0.1, 0.15) is 22.8 Å². The van der Waals surface area contributed by atoms with Crippen molar-refractivity contribution in [3.05, 3.63) is 41.0 Å². The third-order valence-corrected chi connectivity index (χ3v) is 2.91. The average Bonchev–Trinajstić information content (AvgIpc) is 2.66. The molecule has 0 bridgehead atoms. The molecule has 2 rings (SSSR count). The van der Waals surface area contributed by atoms with Gasteiger partial charge < -0.3 is 5.73 Å². The predicted molar refractivity (Wildman–Crippen MR) is 71.7 cm³/mol. The Labute approximate surface area is 118 Å². The SMILES string of the molecule is Cc1nc(C)n(-c2ccc(C(F)(F)F)c(C(N)=S)c2)n1. The molecule has 0 saturated carbocycles. The summed E-state index contributed by atoms with van der Waals surface area (Å²) >= 11 is 4.70. The molecule has 106 valence electrons. The van der Waals surface area contributed by atoms with Crippen LogP contribution in [0.5, 0.6) is 0 Å². The fourth-order valence-corrected chi connectivity index (χ4v) is 2.05. The van der Waals surface area contributed by atoms with Gasteiger partial charge in [0.1, 0.15) is 16.6 Å². The van der Waals surface area contributed by atoms with Crippen LogP contribution < -0.4 is 5.73 Å². The lowest BCUT2D eigenvalue weighted by atomic mass is 10.1. The second-order valence-corrected chi connectivity index (χ2v) is 4.65. The standard InChI is InChI=1S/C12H11F3N4S/c1-6-17-7(2)19(18-6)8-3-4-10(12(13,14)15)9(5-8)11(16)20/h3-5H,1-2H3,(H2,16,20). The maximum Gasteiger partial charge on any atom is 0.417 e. The zero-order valence-corrected chi connectivity index (χ0v) is 11.5. The molecular weight excluding hydrogens is 289 g/mol. The van der Waals surface area contributed by atoms with Gasteiger partial charge in [-0.15, -0.1) is 0 Å². The first kappa shape index (κ1) is 14.4. The lowest BCUT2D eigenvalue weighted by Gasteiger charge is -2.13. The zero-order chi connectivity index (χ0) is 15.1. The third-order valence-electron chi connectivity index (χ3n) is 2.69. The summed E-state index contributed by atoms with van der Waals surface area (Å²) in [7, 11) is 0. The number of aryl methyl sites for hydroxylation is 2. The second-order valence-electron chi connectivity index (χ2n) is 4.21. The summed E-state index contributed by atoms with van der Waals surface area (Å²) in [5, 5.41) is 4.11. The second kappa shape index (κ2) is 4.86. The molecule has 1 aromatic heterocycles. The van der Waals surface area contributed by atoms with Gasteiger partial charge in [0.2, 0.25) is 0 Å². The molecule has 0 atom stereocenters. The van der Waals surface area contributed by atoms with Crippen LogP contribution in [0.15, 0.2) is 18.2 Å². The van der Waals surface area contributed by atoms with E-state index >= 15 is 0 Å². The molecule has 1 heterocycles. The number of halogens is 3. The highest BCUT2D eigenvalue weighted by Crippen LogP contribution is 2.33. The van der Waals surface area contributed by atoms with Gasteiger partial charge in [-0.3, -0.25) is 0 Å². The van der Waals surface area contributed by atoms with Crippen molar-refractivity contribution in [2.24, 2.45) is 5.73 Å². The number of rotatable bonds is 2. The molecule has 0 aliphatic rings. The Hall–Kier alpha value is -1.96. The third kappa shape index (κ3) is 2.64. The number of nitrogens with zero attached hydrogens (tertiary/aromatic N) is 3. The van der Waals surface area contributed by atoms with Crippen LogP contribution in [0.25, 0.3) is 5.69 Å². The number of hydrogen-bond acceptors (Lipinski definition) is 3. The Bertz CT molecular complexity index is 676. The van der Waals surface area contributed by atoms with E-state index in [1.807, 2.05) is 0 Å². The van der Waals surface area contributed by atoms with Crippen LogP contribution >= 0.6 is 12.2 Å². The number of nitrogens with two attached hydrogens (primary N) is 1. The minimum atomic E-state index is -4.51. The summed E-state index contributed by atoms with van der Waals surface area (Å²) in [6.07, 6.45) is -4.51. The van der Waals surface area contributed by atoms with Gasteiger partial charge in [0, 0.05) is 5.56 Å². The van der Waals surface area contributed by atoms with Crippen LogP contribution in [-0.2, 0) is 6.18 Å². The number of hydrogen-bond donors (Lipinski definition) is 1. The van der Waals surface area contributed by atoms with Gasteiger partial charge in [0.25, 0.3) is 0 Å². The van der Waals surface area contributed by atoms with Crippen molar-refractivity contribution >= 4 is 17.2 Å². The monoisotopic (exact) mass is 300 g/mol.